The standard InChI is InChI=1S/C22H30N4O3/c1-14(12-22(3,4)26-21(27)28)13-29-19-8-5-16(11-15(19)2)18-9-10-23-20(25-18)24-17-6-7-17/h5,8-11,14,17,26H,6-7,12-13H2,1-4H3,(H,27,28)(H,23,24,25)/t14-/m0/s1. The summed E-state index contributed by atoms with van der Waals surface area (Å²) in [5, 5.41) is 14.8. The number of hydrogen-bond donors (Lipinski definition) is 3. The van der Waals surface area contributed by atoms with Gasteiger partial charge in [0.2, 0.25) is 5.95 Å². The van der Waals surface area contributed by atoms with Gasteiger partial charge in [-0.25, -0.2) is 14.8 Å². The minimum Gasteiger partial charge on any atom is -0.493 e. The van der Waals surface area contributed by atoms with Gasteiger partial charge in [0.25, 0.3) is 0 Å². The largest absolute Gasteiger partial charge is 0.493 e. The Morgan fingerprint density at radius 1 is 1.34 bits per heavy atom. The van der Waals surface area contributed by atoms with E-state index in [1.807, 2.05) is 39.0 Å². The summed E-state index contributed by atoms with van der Waals surface area (Å²) in [5.41, 5.74) is 2.45. The van der Waals surface area contributed by atoms with Gasteiger partial charge in [0.05, 0.1) is 12.3 Å². The molecule has 1 aromatic heterocycles. The molecule has 1 saturated carbocycles. The molecule has 1 aromatic carbocycles. The second-order valence-electron chi connectivity index (χ2n) is 8.60. The van der Waals surface area contributed by atoms with E-state index in [4.69, 9.17) is 9.84 Å². The smallest absolute Gasteiger partial charge is 0.405 e. The number of benzene rings is 1. The van der Waals surface area contributed by atoms with E-state index in [1.54, 1.807) is 6.20 Å². The number of carboxylic acid groups (broad SMARTS) is 1. The topological polar surface area (TPSA) is 96.4 Å². The van der Waals surface area contributed by atoms with Crippen molar-refractivity contribution in [2.75, 3.05) is 11.9 Å². The molecule has 1 aliphatic rings. The molecule has 0 aliphatic heterocycles. The molecule has 1 amide bonds. The Morgan fingerprint density at radius 3 is 2.76 bits per heavy atom. The van der Waals surface area contributed by atoms with E-state index in [1.165, 1.54) is 12.8 Å². The normalized spacial score (nSPS) is 14.9. The van der Waals surface area contributed by atoms with Crippen LogP contribution in [0.4, 0.5) is 10.7 Å². The molecule has 156 valence electrons. The molecule has 7 heteroatoms. The van der Waals surface area contributed by atoms with Gasteiger partial charge >= 0.3 is 6.09 Å². The minimum absolute atomic E-state index is 0.203. The SMILES string of the molecule is Cc1cc(-c2ccnc(NC3CC3)n2)ccc1OC[C@@H](C)CC(C)(C)NC(=O)O. The van der Waals surface area contributed by atoms with Crippen LogP contribution in [0, 0.1) is 12.8 Å². The minimum atomic E-state index is -1.00. The molecular formula is C22H30N4O3. The Balaban J connectivity index is 1.60. The average Bonchev–Trinajstić information content (AvgIpc) is 3.43. The van der Waals surface area contributed by atoms with Crippen LogP contribution in [0.2, 0.25) is 0 Å². The highest BCUT2D eigenvalue weighted by Crippen LogP contribution is 2.28. The summed E-state index contributed by atoms with van der Waals surface area (Å²) >= 11 is 0. The molecule has 2 aromatic rings. The van der Waals surface area contributed by atoms with Gasteiger partial charge < -0.3 is 20.5 Å². The third kappa shape index (κ3) is 6.34. The molecule has 3 rings (SSSR count). The van der Waals surface area contributed by atoms with Crippen molar-refractivity contribution in [3.63, 3.8) is 0 Å². The Kier molecular flexibility index (Phi) is 6.25. The van der Waals surface area contributed by atoms with Crippen molar-refractivity contribution in [1.29, 1.82) is 0 Å². The first-order valence-electron chi connectivity index (χ1n) is 10.1. The van der Waals surface area contributed by atoms with Gasteiger partial charge in [0, 0.05) is 23.3 Å². The monoisotopic (exact) mass is 398 g/mol. The first kappa shape index (κ1) is 20.9. The zero-order valence-electron chi connectivity index (χ0n) is 17.5. The molecule has 0 unspecified atom stereocenters. The van der Waals surface area contributed by atoms with E-state index in [0.717, 1.165) is 22.6 Å². The molecule has 3 N–H and O–H groups in total. The predicted octanol–water partition coefficient (Wildman–Crippen LogP) is 4.48. The van der Waals surface area contributed by atoms with Crippen molar-refractivity contribution in [3.05, 3.63) is 36.0 Å². The number of amides is 1. The van der Waals surface area contributed by atoms with Gasteiger partial charge in [-0.1, -0.05) is 6.92 Å². The van der Waals surface area contributed by atoms with E-state index < -0.39 is 11.6 Å². The number of nitrogens with one attached hydrogen (secondary N) is 2. The van der Waals surface area contributed by atoms with E-state index in [0.29, 0.717) is 25.0 Å². The Morgan fingerprint density at radius 2 is 2.10 bits per heavy atom. The van der Waals surface area contributed by atoms with Crippen molar-refractivity contribution in [3.8, 4) is 17.0 Å². The molecule has 1 aliphatic carbocycles. The van der Waals surface area contributed by atoms with Crippen LogP contribution in [-0.2, 0) is 0 Å². The number of aromatic nitrogens is 2. The Bertz CT molecular complexity index is 865. The lowest BCUT2D eigenvalue weighted by molar-refractivity contribution is 0.169. The highest BCUT2D eigenvalue weighted by atomic mass is 16.5. The summed E-state index contributed by atoms with van der Waals surface area (Å²) < 4.78 is 6.00. The molecule has 0 radical (unpaired) electrons. The van der Waals surface area contributed by atoms with Crippen molar-refractivity contribution >= 4 is 12.0 Å². The van der Waals surface area contributed by atoms with E-state index >= 15 is 0 Å². The van der Waals surface area contributed by atoms with Gasteiger partial charge in [0.1, 0.15) is 5.75 Å². The van der Waals surface area contributed by atoms with Crippen LogP contribution in [0.1, 0.15) is 45.6 Å². The molecule has 29 heavy (non-hydrogen) atoms. The molecule has 1 fully saturated rings. The number of aryl methyl sites for hydroxylation is 1. The summed E-state index contributed by atoms with van der Waals surface area (Å²) in [6.45, 7) is 8.36. The molecule has 0 saturated heterocycles. The Hall–Kier alpha value is -2.83. The molecule has 1 atom stereocenters. The first-order valence-corrected chi connectivity index (χ1v) is 10.1. The maximum absolute atomic E-state index is 10.9. The van der Waals surface area contributed by atoms with E-state index in [9.17, 15) is 4.79 Å². The van der Waals surface area contributed by atoms with Crippen molar-refractivity contribution < 1.29 is 14.6 Å². The van der Waals surface area contributed by atoms with Crippen molar-refractivity contribution in [2.24, 2.45) is 5.92 Å². The number of hydrogen-bond acceptors (Lipinski definition) is 5. The fourth-order valence-electron chi connectivity index (χ4n) is 3.47. The second kappa shape index (κ2) is 8.68. The van der Waals surface area contributed by atoms with E-state index in [-0.39, 0.29) is 5.92 Å². The molecule has 0 bridgehead atoms. The summed E-state index contributed by atoms with van der Waals surface area (Å²) in [6, 6.07) is 8.47. The molecule has 1 heterocycles. The van der Waals surface area contributed by atoms with Gasteiger partial charge in [-0.2, -0.15) is 0 Å². The number of ether oxygens (including phenoxy) is 1. The first-order chi connectivity index (χ1) is 13.7. The third-order valence-corrected chi connectivity index (χ3v) is 4.86. The van der Waals surface area contributed by atoms with Crippen molar-refractivity contribution in [2.45, 2.75) is 58.5 Å². The summed E-state index contributed by atoms with van der Waals surface area (Å²) in [4.78, 5) is 19.8. The van der Waals surface area contributed by atoms with Crippen LogP contribution in [0.5, 0.6) is 5.75 Å². The van der Waals surface area contributed by atoms with E-state index in [2.05, 4.69) is 33.6 Å². The van der Waals surface area contributed by atoms with Crippen LogP contribution >= 0.6 is 0 Å². The highest BCUT2D eigenvalue weighted by Gasteiger charge is 2.24. The summed E-state index contributed by atoms with van der Waals surface area (Å²) in [5.74, 6) is 1.71. The Labute approximate surface area is 171 Å². The number of carbonyl (C=O) groups is 1. The van der Waals surface area contributed by atoms with Gasteiger partial charge in [0.15, 0.2) is 0 Å². The average molecular weight is 399 g/mol. The summed E-state index contributed by atoms with van der Waals surface area (Å²) in [6.07, 6.45) is 3.83. The summed E-state index contributed by atoms with van der Waals surface area (Å²) in [7, 11) is 0. The number of rotatable bonds is 9. The third-order valence-electron chi connectivity index (χ3n) is 4.86. The zero-order valence-corrected chi connectivity index (χ0v) is 17.5. The molecule has 0 spiro atoms. The lowest BCUT2D eigenvalue weighted by Gasteiger charge is -2.28. The van der Waals surface area contributed by atoms with Crippen LogP contribution in [0.15, 0.2) is 30.5 Å². The molecular weight excluding hydrogens is 368 g/mol. The van der Waals surface area contributed by atoms with Crippen molar-refractivity contribution in [1.82, 2.24) is 15.3 Å². The van der Waals surface area contributed by atoms with Crippen LogP contribution in [-0.4, -0.2) is 39.4 Å². The fraction of sp³-hybridized carbons (Fsp3) is 0.500. The number of nitrogens with zero attached hydrogens (tertiary/aromatic N) is 2. The zero-order chi connectivity index (χ0) is 21.0. The maximum atomic E-state index is 10.9. The second-order valence-corrected chi connectivity index (χ2v) is 8.60. The van der Waals surface area contributed by atoms with Gasteiger partial charge in [-0.3, -0.25) is 0 Å². The lowest BCUT2D eigenvalue weighted by Crippen LogP contribution is -2.44. The van der Waals surface area contributed by atoms with Crippen LogP contribution in [0.25, 0.3) is 11.3 Å². The maximum Gasteiger partial charge on any atom is 0.405 e. The van der Waals surface area contributed by atoms with Gasteiger partial charge in [-0.15, -0.1) is 0 Å². The van der Waals surface area contributed by atoms with Crippen LogP contribution < -0.4 is 15.4 Å². The predicted molar refractivity (Wildman–Crippen MR) is 113 cm³/mol. The number of anilines is 1. The van der Waals surface area contributed by atoms with Crippen LogP contribution in [0.3, 0.4) is 0 Å². The lowest BCUT2D eigenvalue weighted by atomic mass is 9.92. The van der Waals surface area contributed by atoms with Gasteiger partial charge in [-0.05, 0) is 75.8 Å². The highest BCUT2D eigenvalue weighted by molar-refractivity contribution is 5.65. The fourth-order valence-corrected chi connectivity index (χ4v) is 3.47. The quantitative estimate of drug-likeness (QED) is 0.576. The molecule has 7 nitrogen and oxygen atoms in total.